The van der Waals surface area contributed by atoms with Gasteiger partial charge in [-0.15, -0.1) is 0 Å². The molecule has 54 valence electrons. The van der Waals surface area contributed by atoms with Crippen molar-refractivity contribution in [2.24, 2.45) is 0 Å². The van der Waals surface area contributed by atoms with Crippen molar-refractivity contribution in [3.8, 4) is 0 Å². The van der Waals surface area contributed by atoms with Crippen molar-refractivity contribution >= 4 is 0 Å². The largest absolute Gasteiger partial charge is 0.405 e. The molecule has 0 aromatic carbocycles. The maximum atomic E-state index is 8.13. The van der Waals surface area contributed by atoms with Crippen LogP contribution in [0, 0.1) is 0 Å². The van der Waals surface area contributed by atoms with Gasteiger partial charge in [0.25, 0.3) is 0 Å². The molecule has 3 N–H and O–H groups in total. The Labute approximate surface area is 51.4 Å². The lowest BCUT2D eigenvalue weighted by Crippen LogP contribution is -2.32. The van der Waals surface area contributed by atoms with E-state index in [1.54, 1.807) is 0 Å². The van der Waals surface area contributed by atoms with Crippen LogP contribution in [0.3, 0.4) is 0 Å². The summed E-state index contributed by atoms with van der Waals surface area (Å²) in [7, 11) is 0. The van der Waals surface area contributed by atoms with Gasteiger partial charge in [-0.25, -0.2) is 0 Å². The second-order valence-electron chi connectivity index (χ2n) is 1.84. The first-order chi connectivity index (χ1) is 4.08. The lowest BCUT2D eigenvalue weighted by Gasteiger charge is -2.12. The Morgan fingerprint density at radius 2 is 2.11 bits per heavy atom. The van der Waals surface area contributed by atoms with E-state index < -0.39 is 6.16 Å². The minimum absolute atomic E-state index is 0.00347. The molecule has 0 radical (unpaired) electrons. The van der Waals surface area contributed by atoms with Gasteiger partial charge in [-0.3, -0.25) is 0 Å². The van der Waals surface area contributed by atoms with Crippen molar-refractivity contribution in [1.82, 2.24) is 0 Å². The fraction of sp³-hybridized carbons (Fsp3) is 1.00. The fourth-order valence-corrected chi connectivity index (χ4v) is 0.369. The Morgan fingerprint density at radius 3 is 2.44 bits per heavy atom. The van der Waals surface area contributed by atoms with Crippen LogP contribution in [0.2, 0.25) is 0 Å². The SMILES string of the molecule is OC(O)(O)OCC1CO1. The van der Waals surface area contributed by atoms with Gasteiger partial charge in [0.1, 0.15) is 6.10 Å². The molecule has 0 amide bonds. The molecule has 5 nitrogen and oxygen atoms in total. The van der Waals surface area contributed by atoms with Crippen molar-refractivity contribution in [3.05, 3.63) is 0 Å². The van der Waals surface area contributed by atoms with E-state index in [1.807, 2.05) is 0 Å². The average molecular weight is 136 g/mol. The van der Waals surface area contributed by atoms with Crippen molar-refractivity contribution in [1.29, 1.82) is 0 Å². The molecule has 0 aromatic heterocycles. The van der Waals surface area contributed by atoms with Gasteiger partial charge in [-0.05, 0) is 0 Å². The highest BCUT2D eigenvalue weighted by molar-refractivity contribution is 4.67. The van der Waals surface area contributed by atoms with E-state index in [-0.39, 0.29) is 12.7 Å². The molecule has 1 saturated heterocycles. The Hall–Kier alpha value is -0.200. The highest BCUT2D eigenvalue weighted by atomic mass is 16.9. The Kier molecular flexibility index (Phi) is 1.69. The quantitative estimate of drug-likeness (QED) is 0.308. The van der Waals surface area contributed by atoms with E-state index in [1.165, 1.54) is 0 Å². The second-order valence-corrected chi connectivity index (χ2v) is 1.84. The number of ether oxygens (including phenoxy) is 2. The summed E-state index contributed by atoms with van der Waals surface area (Å²) in [6.07, 6.45) is -3.10. The van der Waals surface area contributed by atoms with E-state index >= 15 is 0 Å². The Balaban J connectivity index is 2.03. The third-order valence-electron chi connectivity index (χ3n) is 0.865. The van der Waals surface area contributed by atoms with E-state index in [4.69, 9.17) is 15.3 Å². The van der Waals surface area contributed by atoms with Gasteiger partial charge in [-0.2, -0.15) is 0 Å². The third-order valence-corrected chi connectivity index (χ3v) is 0.865. The van der Waals surface area contributed by atoms with Gasteiger partial charge < -0.3 is 24.8 Å². The van der Waals surface area contributed by atoms with E-state index in [9.17, 15) is 0 Å². The number of aliphatic hydroxyl groups is 3. The van der Waals surface area contributed by atoms with Gasteiger partial charge >= 0.3 is 6.16 Å². The summed E-state index contributed by atoms with van der Waals surface area (Å²) in [5, 5.41) is 24.4. The van der Waals surface area contributed by atoms with Gasteiger partial charge in [0.2, 0.25) is 0 Å². The van der Waals surface area contributed by atoms with E-state index in [0.29, 0.717) is 6.61 Å². The summed E-state index contributed by atoms with van der Waals surface area (Å²) in [6.45, 7) is 0.555. The van der Waals surface area contributed by atoms with Crippen molar-refractivity contribution in [2.45, 2.75) is 12.3 Å². The summed E-state index contributed by atoms with van der Waals surface area (Å²) in [5.74, 6) is 0. The summed E-state index contributed by atoms with van der Waals surface area (Å²) in [5.41, 5.74) is 0. The highest BCUT2D eigenvalue weighted by Gasteiger charge is 2.28. The lowest BCUT2D eigenvalue weighted by atomic mass is 10.5. The van der Waals surface area contributed by atoms with Crippen LogP contribution in [0.4, 0.5) is 0 Å². The number of hydrogen-bond acceptors (Lipinski definition) is 5. The molecule has 9 heavy (non-hydrogen) atoms. The lowest BCUT2D eigenvalue weighted by molar-refractivity contribution is -0.454. The van der Waals surface area contributed by atoms with Crippen molar-refractivity contribution < 1.29 is 24.8 Å². The van der Waals surface area contributed by atoms with Crippen LogP contribution in [0.25, 0.3) is 0 Å². The summed E-state index contributed by atoms with van der Waals surface area (Å²) in [6, 6.07) is 0. The van der Waals surface area contributed by atoms with Crippen LogP contribution in [0.1, 0.15) is 0 Å². The molecular formula is C4H8O5. The minimum Gasteiger partial charge on any atom is -0.371 e. The first kappa shape index (κ1) is 6.91. The van der Waals surface area contributed by atoms with Crippen molar-refractivity contribution in [3.63, 3.8) is 0 Å². The first-order valence-corrected chi connectivity index (χ1v) is 2.50. The van der Waals surface area contributed by atoms with Crippen molar-refractivity contribution in [2.75, 3.05) is 13.2 Å². The van der Waals surface area contributed by atoms with Gasteiger partial charge in [0.15, 0.2) is 0 Å². The second kappa shape index (κ2) is 2.20. The first-order valence-electron chi connectivity index (χ1n) is 2.50. The molecule has 0 bridgehead atoms. The molecular weight excluding hydrogens is 128 g/mol. The normalized spacial score (nSPS) is 26.3. The molecule has 1 fully saturated rings. The maximum absolute atomic E-state index is 8.13. The zero-order chi connectivity index (χ0) is 6.91. The molecule has 0 aliphatic carbocycles. The van der Waals surface area contributed by atoms with Gasteiger partial charge in [0.05, 0.1) is 13.2 Å². The molecule has 1 atom stereocenters. The topological polar surface area (TPSA) is 82.5 Å². The molecule has 1 aliphatic rings. The van der Waals surface area contributed by atoms with Crippen LogP contribution in [-0.4, -0.2) is 40.8 Å². The van der Waals surface area contributed by atoms with Crippen LogP contribution in [0.5, 0.6) is 0 Å². The van der Waals surface area contributed by atoms with E-state index in [2.05, 4.69) is 9.47 Å². The number of rotatable bonds is 3. The molecule has 0 saturated carbocycles. The third kappa shape index (κ3) is 3.39. The zero-order valence-electron chi connectivity index (χ0n) is 4.65. The number of hydrogen-bond donors (Lipinski definition) is 3. The smallest absolute Gasteiger partial charge is 0.371 e. The molecule has 0 spiro atoms. The zero-order valence-corrected chi connectivity index (χ0v) is 4.65. The highest BCUT2D eigenvalue weighted by Crippen LogP contribution is 2.10. The summed E-state index contributed by atoms with van der Waals surface area (Å²) in [4.78, 5) is 0. The Morgan fingerprint density at radius 1 is 1.56 bits per heavy atom. The number of epoxide rings is 1. The van der Waals surface area contributed by atoms with Gasteiger partial charge in [0, 0.05) is 0 Å². The van der Waals surface area contributed by atoms with Gasteiger partial charge in [-0.1, -0.05) is 0 Å². The summed E-state index contributed by atoms with van der Waals surface area (Å²) >= 11 is 0. The Bertz CT molecular complexity index is 91.6. The molecule has 5 heteroatoms. The van der Waals surface area contributed by atoms with Crippen LogP contribution >= 0.6 is 0 Å². The molecule has 1 rings (SSSR count). The predicted molar refractivity (Wildman–Crippen MR) is 25.1 cm³/mol. The average Bonchev–Trinajstić information content (AvgIpc) is 2.38. The monoisotopic (exact) mass is 136 g/mol. The standard InChI is InChI=1S/C4H8O5/c5-4(6,7)9-2-3-1-8-3/h3,5-7H,1-2H2. The maximum Gasteiger partial charge on any atom is 0.405 e. The predicted octanol–water partition coefficient (Wildman–Crippen LogP) is -2.01. The fourth-order valence-electron chi connectivity index (χ4n) is 0.369. The molecule has 0 aromatic rings. The molecule has 1 unspecified atom stereocenters. The van der Waals surface area contributed by atoms with Crippen LogP contribution in [0.15, 0.2) is 0 Å². The van der Waals surface area contributed by atoms with Crippen LogP contribution < -0.4 is 0 Å². The van der Waals surface area contributed by atoms with E-state index in [0.717, 1.165) is 0 Å². The molecule has 1 aliphatic heterocycles. The summed E-state index contributed by atoms with van der Waals surface area (Å²) < 4.78 is 8.74. The molecule has 1 heterocycles. The minimum atomic E-state index is -3.01. The van der Waals surface area contributed by atoms with Crippen LogP contribution in [-0.2, 0) is 9.47 Å².